The van der Waals surface area contributed by atoms with Crippen molar-refractivity contribution in [2.24, 2.45) is 5.73 Å². The van der Waals surface area contributed by atoms with Crippen LogP contribution in [0.15, 0.2) is 18.2 Å². The summed E-state index contributed by atoms with van der Waals surface area (Å²) in [5, 5.41) is 13.6. The number of nitrogens with one attached hydrogen (secondary N) is 1. The van der Waals surface area contributed by atoms with Gasteiger partial charge in [0, 0.05) is 17.8 Å². The molecule has 1 aromatic rings. The molecule has 1 atom stereocenters. The van der Waals surface area contributed by atoms with Gasteiger partial charge in [-0.3, -0.25) is 14.9 Å². The molecule has 19 heavy (non-hydrogen) atoms. The van der Waals surface area contributed by atoms with E-state index >= 15 is 0 Å². The highest BCUT2D eigenvalue weighted by Gasteiger charge is 2.14. The van der Waals surface area contributed by atoms with Crippen molar-refractivity contribution in [2.75, 3.05) is 5.32 Å². The van der Waals surface area contributed by atoms with Gasteiger partial charge < -0.3 is 15.8 Å². The van der Waals surface area contributed by atoms with Crippen LogP contribution >= 0.6 is 0 Å². The molecule has 3 N–H and O–H groups in total. The number of anilines is 1. The molecular weight excluding hydrogens is 250 g/mol. The number of nitrogens with zero attached hydrogens (tertiary/aromatic N) is 1. The smallest absolute Gasteiger partial charge is 0.275 e. The summed E-state index contributed by atoms with van der Waals surface area (Å²) >= 11 is 0. The summed E-state index contributed by atoms with van der Waals surface area (Å²) in [6, 6.07) is 3.62. The highest BCUT2D eigenvalue weighted by Crippen LogP contribution is 2.27. The first-order chi connectivity index (χ1) is 8.79. The Bertz CT molecular complexity index is 488. The zero-order valence-electron chi connectivity index (χ0n) is 11.0. The monoisotopic (exact) mass is 267 g/mol. The number of primary amides is 1. The van der Waals surface area contributed by atoms with E-state index < -0.39 is 16.9 Å². The van der Waals surface area contributed by atoms with Gasteiger partial charge in [-0.05, 0) is 20.8 Å². The van der Waals surface area contributed by atoms with E-state index in [-0.39, 0.29) is 11.8 Å². The fourth-order valence-corrected chi connectivity index (χ4v) is 1.43. The number of nitro benzene ring substituents is 1. The van der Waals surface area contributed by atoms with Crippen molar-refractivity contribution in [3.8, 4) is 5.75 Å². The molecule has 0 saturated heterocycles. The SMILES string of the molecule is CC(C)Oc1cc(NC(C)C(N)=O)cc([N+](=O)[O-])c1. The van der Waals surface area contributed by atoms with Gasteiger partial charge in [-0.2, -0.15) is 0 Å². The lowest BCUT2D eigenvalue weighted by Gasteiger charge is -2.14. The number of hydrogen-bond donors (Lipinski definition) is 2. The molecule has 0 saturated carbocycles. The van der Waals surface area contributed by atoms with E-state index in [1.54, 1.807) is 13.0 Å². The maximum atomic E-state index is 11.0. The quantitative estimate of drug-likeness (QED) is 0.602. The second-order valence-electron chi connectivity index (χ2n) is 4.41. The fourth-order valence-electron chi connectivity index (χ4n) is 1.43. The second kappa shape index (κ2) is 6.03. The Labute approximate surface area is 110 Å². The van der Waals surface area contributed by atoms with Crippen LogP contribution < -0.4 is 15.8 Å². The van der Waals surface area contributed by atoms with Crippen LogP contribution in [0.3, 0.4) is 0 Å². The lowest BCUT2D eigenvalue weighted by atomic mass is 10.2. The average Bonchev–Trinajstić information content (AvgIpc) is 2.27. The lowest BCUT2D eigenvalue weighted by molar-refractivity contribution is -0.384. The summed E-state index contributed by atoms with van der Waals surface area (Å²) in [5.74, 6) is -0.179. The van der Waals surface area contributed by atoms with Gasteiger partial charge in [0.05, 0.1) is 17.1 Å². The molecule has 0 bridgehead atoms. The maximum Gasteiger partial charge on any atom is 0.275 e. The molecule has 0 radical (unpaired) electrons. The van der Waals surface area contributed by atoms with Crippen molar-refractivity contribution in [1.29, 1.82) is 0 Å². The molecule has 0 spiro atoms. The highest BCUT2D eigenvalue weighted by atomic mass is 16.6. The van der Waals surface area contributed by atoms with Gasteiger partial charge in [0.25, 0.3) is 5.69 Å². The number of non-ortho nitro benzene ring substituents is 1. The maximum absolute atomic E-state index is 11.0. The van der Waals surface area contributed by atoms with Crippen LogP contribution in [0.2, 0.25) is 0 Å². The molecule has 1 unspecified atom stereocenters. The Morgan fingerprint density at radius 1 is 1.37 bits per heavy atom. The number of carbonyl (C=O) groups excluding carboxylic acids is 1. The zero-order valence-corrected chi connectivity index (χ0v) is 11.0. The fraction of sp³-hybridized carbons (Fsp3) is 0.417. The van der Waals surface area contributed by atoms with Crippen LogP contribution in [-0.2, 0) is 4.79 Å². The van der Waals surface area contributed by atoms with Gasteiger partial charge in [0.15, 0.2) is 0 Å². The number of rotatable bonds is 6. The van der Waals surface area contributed by atoms with Crippen molar-refractivity contribution in [2.45, 2.75) is 32.9 Å². The minimum Gasteiger partial charge on any atom is -0.491 e. The van der Waals surface area contributed by atoms with Crippen LogP contribution in [0.4, 0.5) is 11.4 Å². The number of amides is 1. The molecule has 0 aliphatic carbocycles. The summed E-state index contributed by atoms with van der Waals surface area (Å²) < 4.78 is 5.43. The molecule has 0 fully saturated rings. The van der Waals surface area contributed by atoms with E-state index in [2.05, 4.69) is 5.32 Å². The van der Waals surface area contributed by atoms with E-state index in [0.717, 1.165) is 0 Å². The average molecular weight is 267 g/mol. The first kappa shape index (κ1) is 14.7. The van der Waals surface area contributed by atoms with E-state index in [1.165, 1.54) is 12.1 Å². The summed E-state index contributed by atoms with van der Waals surface area (Å²) in [7, 11) is 0. The van der Waals surface area contributed by atoms with Crippen LogP contribution in [-0.4, -0.2) is 23.0 Å². The molecule has 104 valence electrons. The van der Waals surface area contributed by atoms with Crippen LogP contribution in [0.5, 0.6) is 5.75 Å². The third-order valence-corrected chi connectivity index (χ3v) is 2.28. The molecule has 0 aromatic heterocycles. The molecule has 1 amide bonds. The third-order valence-electron chi connectivity index (χ3n) is 2.28. The molecule has 1 aromatic carbocycles. The Kier molecular flexibility index (Phi) is 4.68. The number of ether oxygens (including phenoxy) is 1. The first-order valence-corrected chi connectivity index (χ1v) is 5.81. The van der Waals surface area contributed by atoms with Crippen molar-refractivity contribution >= 4 is 17.3 Å². The largest absolute Gasteiger partial charge is 0.491 e. The summed E-state index contributed by atoms with van der Waals surface area (Å²) in [6.07, 6.45) is -0.108. The van der Waals surface area contributed by atoms with Crippen molar-refractivity contribution in [3.63, 3.8) is 0 Å². The summed E-state index contributed by atoms with van der Waals surface area (Å²) in [6.45, 7) is 5.21. The van der Waals surface area contributed by atoms with Crippen molar-refractivity contribution in [1.82, 2.24) is 0 Å². The Balaban J connectivity index is 3.05. The molecule has 7 nitrogen and oxygen atoms in total. The minimum atomic E-state index is -0.631. The Hall–Kier alpha value is -2.31. The lowest BCUT2D eigenvalue weighted by Crippen LogP contribution is -2.32. The molecule has 7 heteroatoms. The Morgan fingerprint density at radius 2 is 2.00 bits per heavy atom. The van der Waals surface area contributed by atoms with Gasteiger partial charge in [0.1, 0.15) is 11.8 Å². The normalized spacial score (nSPS) is 12.0. The third kappa shape index (κ3) is 4.46. The molecule has 1 rings (SSSR count). The molecule has 0 aliphatic heterocycles. The van der Waals surface area contributed by atoms with Crippen LogP contribution in [0.25, 0.3) is 0 Å². The van der Waals surface area contributed by atoms with E-state index in [1.807, 2.05) is 13.8 Å². The number of nitro groups is 1. The molecular formula is C12H17N3O4. The number of hydrogen-bond acceptors (Lipinski definition) is 5. The van der Waals surface area contributed by atoms with E-state index in [9.17, 15) is 14.9 Å². The highest BCUT2D eigenvalue weighted by molar-refractivity contribution is 5.82. The zero-order chi connectivity index (χ0) is 14.6. The van der Waals surface area contributed by atoms with Gasteiger partial charge in [-0.1, -0.05) is 0 Å². The standard InChI is InChI=1S/C12H17N3O4/c1-7(2)19-11-5-9(14-8(3)12(13)16)4-10(6-11)15(17)18/h4-8,14H,1-3H3,(H2,13,16). The minimum absolute atomic E-state index is 0.108. The van der Waals surface area contributed by atoms with Gasteiger partial charge in [0.2, 0.25) is 5.91 Å². The van der Waals surface area contributed by atoms with Crippen LogP contribution in [0, 0.1) is 10.1 Å². The Morgan fingerprint density at radius 3 is 2.47 bits per heavy atom. The van der Waals surface area contributed by atoms with Gasteiger partial charge in [-0.15, -0.1) is 0 Å². The number of carbonyl (C=O) groups is 1. The van der Waals surface area contributed by atoms with E-state index in [4.69, 9.17) is 10.5 Å². The van der Waals surface area contributed by atoms with Crippen molar-refractivity contribution < 1.29 is 14.5 Å². The second-order valence-corrected chi connectivity index (χ2v) is 4.41. The molecule has 0 heterocycles. The molecule has 0 aliphatic rings. The first-order valence-electron chi connectivity index (χ1n) is 5.81. The predicted molar refractivity (Wildman–Crippen MR) is 71.1 cm³/mol. The van der Waals surface area contributed by atoms with Gasteiger partial charge in [-0.25, -0.2) is 0 Å². The number of nitrogens with two attached hydrogens (primary N) is 1. The van der Waals surface area contributed by atoms with E-state index in [0.29, 0.717) is 11.4 Å². The van der Waals surface area contributed by atoms with Crippen molar-refractivity contribution in [3.05, 3.63) is 28.3 Å². The van der Waals surface area contributed by atoms with Gasteiger partial charge >= 0.3 is 0 Å². The summed E-state index contributed by atoms with van der Waals surface area (Å²) in [4.78, 5) is 21.3. The van der Waals surface area contributed by atoms with Crippen LogP contribution in [0.1, 0.15) is 20.8 Å². The number of benzene rings is 1. The predicted octanol–water partition coefficient (Wildman–Crippen LogP) is 1.67. The topological polar surface area (TPSA) is 107 Å². The summed E-state index contributed by atoms with van der Waals surface area (Å²) in [5.41, 5.74) is 5.43.